The van der Waals surface area contributed by atoms with Gasteiger partial charge in [0.05, 0.1) is 6.07 Å². The van der Waals surface area contributed by atoms with Crippen LogP contribution in [0.1, 0.15) is 67.2 Å². The molecule has 1 fully saturated rings. The van der Waals surface area contributed by atoms with Crippen molar-refractivity contribution in [1.29, 1.82) is 5.26 Å². The summed E-state index contributed by atoms with van der Waals surface area (Å²) >= 11 is 0. The molecule has 0 amide bonds. The molecular formula is C18H35N3. The van der Waals surface area contributed by atoms with E-state index in [1.54, 1.807) is 0 Å². The summed E-state index contributed by atoms with van der Waals surface area (Å²) in [6.07, 6.45) is 4.84. The van der Waals surface area contributed by atoms with E-state index in [9.17, 15) is 5.26 Å². The summed E-state index contributed by atoms with van der Waals surface area (Å²) in [4.78, 5) is 2.56. The summed E-state index contributed by atoms with van der Waals surface area (Å²) in [5.41, 5.74) is 0.0281. The van der Waals surface area contributed by atoms with Gasteiger partial charge in [-0.05, 0) is 70.9 Å². The number of rotatable bonds is 5. The van der Waals surface area contributed by atoms with Crippen molar-refractivity contribution >= 4 is 0 Å². The van der Waals surface area contributed by atoms with Crippen LogP contribution in [0.15, 0.2) is 0 Å². The zero-order chi connectivity index (χ0) is 16.1. The minimum atomic E-state index is -0.399. The minimum Gasteiger partial charge on any atom is -0.303 e. The molecule has 1 aliphatic rings. The van der Waals surface area contributed by atoms with Crippen LogP contribution in [0.5, 0.6) is 0 Å². The van der Waals surface area contributed by atoms with E-state index >= 15 is 0 Å². The van der Waals surface area contributed by atoms with Gasteiger partial charge in [0, 0.05) is 12.6 Å². The first kappa shape index (κ1) is 18.5. The maximum absolute atomic E-state index is 9.44. The van der Waals surface area contributed by atoms with Gasteiger partial charge in [-0.25, -0.2) is 0 Å². The molecule has 0 aromatic rings. The van der Waals surface area contributed by atoms with Crippen molar-refractivity contribution in [1.82, 2.24) is 10.2 Å². The summed E-state index contributed by atoms with van der Waals surface area (Å²) in [5, 5.41) is 12.8. The summed E-state index contributed by atoms with van der Waals surface area (Å²) in [6, 6.07) is 2.81. The predicted molar refractivity (Wildman–Crippen MR) is 90.1 cm³/mol. The Labute approximate surface area is 132 Å². The molecule has 0 spiro atoms. The molecule has 0 aromatic carbocycles. The van der Waals surface area contributed by atoms with E-state index in [-0.39, 0.29) is 0 Å². The highest BCUT2D eigenvalue weighted by atomic mass is 15.1. The van der Waals surface area contributed by atoms with Crippen LogP contribution in [-0.4, -0.2) is 36.1 Å². The third-order valence-electron chi connectivity index (χ3n) is 4.83. The third-order valence-corrected chi connectivity index (χ3v) is 4.83. The van der Waals surface area contributed by atoms with E-state index in [1.807, 2.05) is 6.92 Å². The molecule has 21 heavy (non-hydrogen) atoms. The SMILES string of the molecule is CC(C)NC(C)(C#N)CCN1CCCC(C(C)(C)C)CC1. The van der Waals surface area contributed by atoms with E-state index in [0.29, 0.717) is 11.5 Å². The van der Waals surface area contributed by atoms with E-state index in [0.717, 1.165) is 18.9 Å². The lowest BCUT2D eigenvalue weighted by molar-refractivity contribution is 0.203. The van der Waals surface area contributed by atoms with Crippen molar-refractivity contribution in [2.45, 2.75) is 78.8 Å². The number of nitrogens with one attached hydrogen (secondary N) is 1. The van der Waals surface area contributed by atoms with Crippen molar-refractivity contribution in [3.63, 3.8) is 0 Å². The first-order chi connectivity index (χ1) is 9.66. The lowest BCUT2D eigenvalue weighted by atomic mass is 9.77. The van der Waals surface area contributed by atoms with Crippen LogP contribution in [0.3, 0.4) is 0 Å². The van der Waals surface area contributed by atoms with Crippen molar-refractivity contribution < 1.29 is 0 Å². The average molecular weight is 293 g/mol. The van der Waals surface area contributed by atoms with Crippen LogP contribution in [0.25, 0.3) is 0 Å². The van der Waals surface area contributed by atoms with Gasteiger partial charge in [-0.3, -0.25) is 5.32 Å². The van der Waals surface area contributed by atoms with E-state index < -0.39 is 5.54 Å². The predicted octanol–water partition coefficient (Wildman–Crippen LogP) is 3.80. The molecule has 1 heterocycles. The van der Waals surface area contributed by atoms with Gasteiger partial charge in [-0.2, -0.15) is 5.26 Å². The van der Waals surface area contributed by atoms with Crippen LogP contribution in [0.2, 0.25) is 0 Å². The highest BCUT2D eigenvalue weighted by Crippen LogP contribution is 2.34. The van der Waals surface area contributed by atoms with Gasteiger partial charge in [-0.1, -0.05) is 20.8 Å². The smallest absolute Gasteiger partial charge is 0.105 e. The lowest BCUT2D eigenvalue weighted by Gasteiger charge is -2.31. The van der Waals surface area contributed by atoms with Crippen LogP contribution in [-0.2, 0) is 0 Å². The van der Waals surface area contributed by atoms with Gasteiger partial charge < -0.3 is 4.90 Å². The molecule has 1 saturated heterocycles. The van der Waals surface area contributed by atoms with Crippen molar-refractivity contribution in [3.8, 4) is 6.07 Å². The van der Waals surface area contributed by atoms with Crippen molar-refractivity contribution in [3.05, 3.63) is 0 Å². The largest absolute Gasteiger partial charge is 0.303 e. The standard InChI is InChI=1S/C18H35N3/c1-15(2)20-18(6,14-19)10-13-21-11-7-8-16(9-12-21)17(3,4)5/h15-16,20H,7-13H2,1-6H3. The van der Waals surface area contributed by atoms with E-state index in [2.05, 4.69) is 50.9 Å². The maximum atomic E-state index is 9.44. The summed E-state index contributed by atoms with van der Waals surface area (Å²) in [6.45, 7) is 16.8. The molecule has 0 aromatic heterocycles. The Morgan fingerprint density at radius 1 is 1.19 bits per heavy atom. The summed E-state index contributed by atoms with van der Waals surface area (Å²) < 4.78 is 0. The topological polar surface area (TPSA) is 39.1 Å². The fourth-order valence-corrected chi connectivity index (χ4v) is 3.42. The Kier molecular flexibility index (Phi) is 6.69. The number of nitrogens with zero attached hydrogens (tertiary/aromatic N) is 2. The Bertz CT molecular complexity index is 350. The van der Waals surface area contributed by atoms with Gasteiger partial charge in [-0.15, -0.1) is 0 Å². The summed E-state index contributed by atoms with van der Waals surface area (Å²) in [5.74, 6) is 0.832. The molecule has 3 nitrogen and oxygen atoms in total. The molecule has 122 valence electrons. The third kappa shape index (κ3) is 6.36. The van der Waals surface area contributed by atoms with Gasteiger partial charge in [0.2, 0.25) is 0 Å². The maximum Gasteiger partial charge on any atom is 0.105 e. The average Bonchev–Trinajstić information content (AvgIpc) is 2.60. The molecule has 2 unspecified atom stereocenters. The fraction of sp³-hybridized carbons (Fsp3) is 0.944. The number of likely N-dealkylation sites (tertiary alicyclic amines) is 1. The van der Waals surface area contributed by atoms with Crippen LogP contribution in [0, 0.1) is 22.7 Å². The number of hydrogen-bond donors (Lipinski definition) is 1. The number of nitriles is 1. The Morgan fingerprint density at radius 3 is 2.38 bits per heavy atom. The second kappa shape index (κ2) is 7.61. The molecule has 0 radical (unpaired) electrons. The van der Waals surface area contributed by atoms with Gasteiger partial charge in [0.1, 0.15) is 5.54 Å². The second-order valence-corrected chi connectivity index (χ2v) is 8.33. The quantitative estimate of drug-likeness (QED) is 0.838. The Morgan fingerprint density at radius 2 is 1.86 bits per heavy atom. The molecule has 1 N–H and O–H groups in total. The van der Waals surface area contributed by atoms with Gasteiger partial charge in [0.15, 0.2) is 0 Å². The Hall–Kier alpha value is -0.590. The highest BCUT2D eigenvalue weighted by molar-refractivity contribution is 5.04. The van der Waals surface area contributed by atoms with Crippen LogP contribution in [0.4, 0.5) is 0 Å². The fourth-order valence-electron chi connectivity index (χ4n) is 3.42. The highest BCUT2D eigenvalue weighted by Gasteiger charge is 2.29. The molecular weight excluding hydrogens is 258 g/mol. The van der Waals surface area contributed by atoms with Gasteiger partial charge >= 0.3 is 0 Å². The van der Waals surface area contributed by atoms with Crippen LogP contribution >= 0.6 is 0 Å². The molecule has 1 aliphatic heterocycles. The first-order valence-corrected chi connectivity index (χ1v) is 8.57. The van der Waals surface area contributed by atoms with E-state index in [4.69, 9.17) is 0 Å². The van der Waals surface area contributed by atoms with Crippen LogP contribution < -0.4 is 5.32 Å². The summed E-state index contributed by atoms with van der Waals surface area (Å²) in [7, 11) is 0. The molecule has 0 bridgehead atoms. The first-order valence-electron chi connectivity index (χ1n) is 8.57. The second-order valence-electron chi connectivity index (χ2n) is 8.33. The normalized spacial score (nSPS) is 24.4. The number of hydrogen-bond acceptors (Lipinski definition) is 3. The van der Waals surface area contributed by atoms with Gasteiger partial charge in [0.25, 0.3) is 0 Å². The molecule has 2 atom stereocenters. The zero-order valence-corrected chi connectivity index (χ0v) is 15.0. The molecule has 0 aliphatic carbocycles. The zero-order valence-electron chi connectivity index (χ0n) is 15.0. The molecule has 1 rings (SSSR count). The Balaban J connectivity index is 2.48. The van der Waals surface area contributed by atoms with E-state index in [1.165, 1.54) is 32.4 Å². The molecule has 3 heteroatoms. The minimum absolute atomic E-state index is 0.351. The van der Waals surface area contributed by atoms with Crippen molar-refractivity contribution in [2.75, 3.05) is 19.6 Å². The lowest BCUT2D eigenvalue weighted by Crippen LogP contribution is -2.47. The van der Waals surface area contributed by atoms with Crippen molar-refractivity contribution in [2.24, 2.45) is 11.3 Å². The monoisotopic (exact) mass is 293 g/mol. The molecule has 0 saturated carbocycles.